The third-order valence-corrected chi connectivity index (χ3v) is 6.93. The molecule has 1 amide bonds. The van der Waals surface area contributed by atoms with Gasteiger partial charge in [-0.3, -0.25) is 14.2 Å². The van der Waals surface area contributed by atoms with Gasteiger partial charge in [0, 0.05) is 10.7 Å². The van der Waals surface area contributed by atoms with Crippen LogP contribution in [0.25, 0.3) is 6.08 Å². The van der Waals surface area contributed by atoms with Crippen molar-refractivity contribution >= 4 is 40.6 Å². The molecule has 0 aliphatic carbocycles. The number of carbonyl (C=O) groups is 1. The second-order valence-electron chi connectivity index (χ2n) is 7.83. The Kier molecular flexibility index (Phi) is 6.01. The maximum Gasteiger partial charge on any atom is 0.271 e. The number of anilines is 1. The standard InChI is InChI=1S/C27H20ClN3O2S/c1-17-23(25(32)30-20-13-6-3-7-14-20)24(18-10-4-2-5-11-18)31-26(33)22(34-27(31)29-17)16-19-12-8-9-15-21(19)28/h2-16,24H,1H3,(H,30,32)/b22-16+/t24-/m0/s1. The molecule has 2 heterocycles. The Morgan fingerprint density at radius 1 is 1.00 bits per heavy atom. The topological polar surface area (TPSA) is 63.5 Å². The van der Waals surface area contributed by atoms with Crippen LogP contribution in [0.15, 0.2) is 106 Å². The van der Waals surface area contributed by atoms with Gasteiger partial charge in [0.05, 0.1) is 21.8 Å². The highest BCUT2D eigenvalue weighted by molar-refractivity contribution is 7.07. The lowest BCUT2D eigenvalue weighted by molar-refractivity contribution is -0.113. The molecule has 4 aromatic rings. The van der Waals surface area contributed by atoms with Gasteiger partial charge in [-0.05, 0) is 42.3 Å². The number of amides is 1. The predicted octanol–water partition coefficient (Wildman–Crippen LogP) is 4.53. The number of allylic oxidation sites excluding steroid dienone is 1. The van der Waals surface area contributed by atoms with E-state index in [1.807, 2.05) is 78.9 Å². The van der Waals surface area contributed by atoms with E-state index in [1.165, 1.54) is 11.3 Å². The molecule has 5 rings (SSSR count). The SMILES string of the molecule is CC1=C(C(=O)Nc2ccccc2)[C@H](c2ccccc2)n2c(s/c(=C/c3ccccc3Cl)c2=O)=N1. The first kappa shape index (κ1) is 22.1. The molecule has 34 heavy (non-hydrogen) atoms. The second kappa shape index (κ2) is 9.25. The zero-order valence-electron chi connectivity index (χ0n) is 18.2. The summed E-state index contributed by atoms with van der Waals surface area (Å²) in [6, 6.07) is 25.6. The summed E-state index contributed by atoms with van der Waals surface area (Å²) in [4.78, 5) is 32.3. The number of nitrogens with one attached hydrogen (secondary N) is 1. The molecule has 0 saturated carbocycles. The lowest BCUT2D eigenvalue weighted by Gasteiger charge is -2.25. The number of halogens is 1. The van der Waals surface area contributed by atoms with E-state index in [0.29, 0.717) is 31.3 Å². The summed E-state index contributed by atoms with van der Waals surface area (Å²) in [6.45, 7) is 1.81. The Bertz CT molecular complexity index is 1590. The molecule has 0 radical (unpaired) electrons. The third-order valence-electron chi connectivity index (χ3n) is 5.61. The lowest BCUT2D eigenvalue weighted by atomic mass is 9.95. The van der Waals surface area contributed by atoms with Crippen molar-refractivity contribution in [3.05, 3.63) is 132 Å². The van der Waals surface area contributed by atoms with Crippen LogP contribution in [0.4, 0.5) is 5.69 Å². The maximum absolute atomic E-state index is 13.6. The second-order valence-corrected chi connectivity index (χ2v) is 9.25. The van der Waals surface area contributed by atoms with Gasteiger partial charge >= 0.3 is 0 Å². The first-order chi connectivity index (χ1) is 16.5. The van der Waals surface area contributed by atoms with Gasteiger partial charge in [-0.15, -0.1) is 0 Å². The molecule has 1 atom stereocenters. The molecule has 3 aromatic carbocycles. The van der Waals surface area contributed by atoms with E-state index in [0.717, 1.165) is 11.1 Å². The number of fused-ring (bicyclic) bond motifs is 1. The van der Waals surface area contributed by atoms with E-state index in [1.54, 1.807) is 23.6 Å². The summed E-state index contributed by atoms with van der Waals surface area (Å²) in [7, 11) is 0. The highest BCUT2D eigenvalue weighted by Crippen LogP contribution is 2.30. The Labute approximate surface area is 205 Å². The van der Waals surface area contributed by atoms with Crippen molar-refractivity contribution in [3.63, 3.8) is 0 Å². The van der Waals surface area contributed by atoms with Crippen LogP contribution in [-0.2, 0) is 4.79 Å². The number of aromatic nitrogens is 1. The molecule has 1 aliphatic heterocycles. The molecular formula is C27H20ClN3O2S. The van der Waals surface area contributed by atoms with Crippen LogP contribution in [0.2, 0.25) is 5.02 Å². The molecular weight excluding hydrogens is 466 g/mol. The van der Waals surface area contributed by atoms with E-state index in [2.05, 4.69) is 10.3 Å². The van der Waals surface area contributed by atoms with Crippen molar-refractivity contribution in [2.45, 2.75) is 13.0 Å². The molecule has 0 saturated heterocycles. The van der Waals surface area contributed by atoms with Crippen LogP contribution in [0.5, 0.6) is 0 Å². The fourth-order valence-electron chi connectivity index (χ4n) is 4.02. The number of carbonyl (C=O) groups excluding carboxylic acids is 1. The Morgan fingerprint density at radius 2 is 1.65 bits per heavy atom. The molecule has 7 heteroatoms. The highest BCUT2D eigenvalue weighted by atomic mass is 35.5. The quantitative estimate of drug-likeness (QED) is 0.461. The zero-order valence-corrected chi connectivity index (χ0v) is 19.8. The average Bonchev–Trinajstić information content (AvgIpc) is 3.15. The Morgan fingerprint density at radius 3 is 2.35 bits per heavy atom. The summed E-state index contributed by atoms with van der Waals surface area (Å²) in [5, 5.41) is 3.51. The van der Waals surface area contributed by atoms with Crippen molar-refractivity contribution in [3.8, 4) is 0 Å². The van der Waals surface area contributed by atoms with Gasteiger partial charge in [0.15, 0.2) is 4.80 Å². The largest absolute Gasteiger partial charge is 0.322 e. The predicted molar refractivity (Wildman–Crippen MR) is 137 cm³/mol. The van der Waals surface area contributed by atoms with Crippen molar-refractivity contribution < 1.29 is 4.79 Å². The monoisotopic (exact) mass is 485 g/mol. The van der Waals surface area contributed by atoms with E-state index in [9.17, 15) is 9.59 Å². The van der Waals surface area contributed by atoms with E-state index in [-0.39, 0.29) is 11.5 Å². The first-order valence-electron chi connectivity index (χ1n) is 10.7. The number of rotatable bonds is 4. The number of thiazole rings is 1. The number of benzene rings is 3. The van der Waals surface area contributed by atoms with Crippen molar-refractivity contribution in [1.29, 1.82) is 0 Å². The van der Waals surface area contributed by atoms with Crippen molar-refractivity contribution in [1.82, 2.24) is 4.57 Å². The fraction of sp³-hybridized carbons (Fsp3) is 0.0741. The van der Waals surface area contributed by atoms with Crippen LogP contribution in [0.1, 0.15) is 24.1 Å². The van der Waals surface area contributed by atoms with Gasteiger partial charge in [0.1, 0.15) is 0 Å². The molecule has 1 N–H and O–H groups in total. The molecule has 0 fully saturated rings. The molecule has 0 unspecified atom stereocenters. The van der Waals surface area contributed by atoms with Crippen LogP contribution >= 0.6 is 22.9 Å². The van der Waals surface area contributed by atoms with Crippen LogP contribution in [-0.4, -0.2) is 10.5 Å². The van der Waals surface area contributed by atoms with Gasteiger partial charge in [-0.25, -0.2) is 4.99 Å². The van der Waals surface area contributed by atoms with E-state index < -0.39 is 6.04 Å². The van der Waals surface area contributed by atoms with E-state index >= 15 is 0 Å². The number of nitrogens with zero attached hydrogens (tertiary/aromatic N) is 2. The lowest BCUT2D eigenvalue weighted by Crippen LogP contribution is -2.40. The molecule has 0 bridgehead atoms. The molecule has 5 nitrogen and oxygen atoms in total. The Hall–Kier alpha value is -3.74. The normalized spacial score (nSPS) is 15.6. The summed E-state index contributed by atoms with van der Waals surface area (Å²) in [5.74, 6) is -0.290. The van der Waals surface area contributed by atoms with Gasteiger partial charge < -0.3 is 5.32 Å². The first-order valence-corrected chi connectivity index (χ1v) is 11.9. The van der Waals surface area contributed by atoms with Crippen LogP contribution in [0.3, 0.4) is 0 Å². The summed E-state index contributed by atoms with van der Waals surface area (Å²) in [6.07, 6.45) is 1.78. The molecule has 1 aromatic heterocycles. The summed E-state index contributed by atoms with van der Waals surface area (Å²) < 4.78 is 2.11. The molecule has 168 valence electrons. The van der Waals surface area contributed by atoms with Crippen LogP contribution < -0.4 is 20.2 Å². The van der Waals surface area contributed by atoms with Gasteiger partial charge in [-0.1, -0.05) is 89.7 Å². The summed E-state index contributed by atoms with van der Waals surface area (Å²) in [5.41, 5.74) is 3.06. The highest BCUT2D eigenvalue weighted by Gasteiger charge is 2.32. The van der Waals surface area contributed by atoms with Crippen LogP contribution in [0, 0.1) is 0 Å². The molecule has 0 spiro atoms. The third kappa shape index (κ3) is 4.14. The Balaban J connectivity index is 1.68. The number of hydrogen-bond acceptors (Lipinski definition) is 4. The minimum Gasteiger partial charge on any atom is -0.322 e. The minimum absolute atomic E-state index is 0.213. The van der Waals surface area contributed by atoms with E-state index in [4.69, 9.17) is 11.6 Å². The van der Waals surface area contributed by atoms with Crippen molar-refractivity contribution in [2.24, 2.45) is 4.99 Å². The minimum atomic E-state index is -0.602. The fourth-order valence-corrected chi connectivity index (χ4v) is 5.24. The van der Waals surface area contributed by atoms with Gasteiger partial charge in [0.2, 0.25) is 0 Å². The molecule has 1 aliphatic rings. The summed E-state index contributed by atoms with van der Waals surface area (Å²) >= 11 is 7.61. The number of hydrogen-bond donors (Lipinski definition) is 1. The number of para-hydroxylation sites is 1. The van der Waals surface area contributed by atoms with Gasteiger partial charge in [-0.2, -0.15) is 0 Å². The van der Waals surface area contributed by atoms with Gasteiger partial charge in [0.25, 0.3) is 11.5 Å². The average molecular weight is 486 g/mol. The van der Waals surface area contributed by atoms with Crippen molar-refractivity contribution in [2.75, 3.05) is 5.32 Å². The maximum atomic E-state index is 13.6. The zero-order chi connectivity index (χ0) is 23.7. The smallest absolute Gasteiger partial charge is 0.271 e.